The number of carbonyl (C=O) groups is 1. The maximum Gasteiger partial charge on any atom is 0.407 e. The molecule has 0 aromatic carbocycles. The molecule has 17 heavy (non-hydrogen) atoms. The quantitative estimate of drug-likeness (QED) is 0.792. The van der Waals surface area contributed by atoms with Gasteiger partial charge in [0, 0.05) is 12.6 Å². The van der Waals surface area contributed by atoms with Crippen LogP contribution in [0.15, 0.2) is 0 Å². The van der Waals surface area contributed by atoms with Crippen LogP contribution in [0.4, 0.5) is 4.79 Å². The first kappa shape index (κ1) is 12.7. The van der Waals surface area contributed by atoms with E-state index in [1.807, 2.05) is 20.8 Å². The lowest BCUT2D eigenvalue weighted by Crippen LogP contribution is -2.39. The second-order valence-corrected chi connectivity index (χ2v) is 6.25. The number of carbonyl (C=O) groups excluding carboxylic acids is 1. The molecular weight excluding hydrogens is 216 g/mol. The molecule has 0 aromatic rings. The SMILES string of the molecule is CC(C)(C)OC(=O)NC[C@H]1CCN[C@@H]1C1CC1. The molecule has 1 saturated carbocycles. The molecule has 1 aliphatic carbocycles. The summed E-state index contributed by atoms with van der Waals surface area (Å²) in [6.07, 6.45) is 3.57. The zero-order valence-corrected chi connectivity index (χ0v) is 11.1. The largest absolute Gasteiger partial charge is 0.444 e. The number of nitrogens with one attached hydrogen (secondary N) is 2. The zero-order valence-electron chi connectivity index (χ0n) is 11.1. The molecule has 0 radical (unpaired) electrons. The van der Waals surface area contributed by atoms with Crippen molar-refractivity contribution < 1.29 is 9.53 Å². The fourth-order valence-electron chi connectivity index (χ4n) is 2.55. The minimum atomic E-state index is -0.409. The molecule has 2 fully saturated rings. The second kappa shape index (κ2) is 4.84. The molecule has 98 valence electrons. The highest BCUT2D eigenvalue weighted by atomic mass is 16.6. The summed E-state index contributed by atoms with van der Waals surface area (Å²) in [4.78, 5) is 11.6. The molecule has 4 nitrogen and oxygen atoms in total. The number of hydrogen-bond donors (Lipinski definition) is 2. The van der Waals surface area contributed by atoms with Crippen molar-refractivity contribution in [3.05, 3.63) is 0 Å². The normalized spacial score (nSPS) is 29.1. The zero-order chi connectivity index (χ0) is 12.5. The minimum Gasteiger partial charge on any atom is -0.444 e. The molecular formula is C13H24N2O2. The highest BCUT2D eigenvalue weighted by Crippen LogP contribution is 2.38. The van der Waals surface area contributed by atoms with Crippen molar-refractivity contribution in [2.24, 2.45) is 11.8 Å². The molecule has 1 amide bonds. The van der Waals surface area contributed by atoms with Crippen molar-refractivity contribution in [2.75, 3.05) is 13.1 Å². The number of alkyl carbamates (subject to hydrolysis) is 1. The highest BCUT2D eigenvalue weighted by molar-refractivity contribution is 5.67. The second-order valence-electron chi connectivity index (χ2n) is 6.25. The third kappa shape index (κ3) is 3.87. The fraction of sp³-hybridized carbons (Fsp3) is 0.923. The number of hydrogen-bond acceptors (Lipinski definition) is 3. The summed E-state index contributed by atoms with van der Waals surface area (Å²) in [7, 11) is 0. The third-order valence-electron chi connectivity index (χ3n) is 3.44. The van der Waals surface area contributed by atoms with Crippen LogP contribution in [0, 0.1) is 11.8 Å². The maximum atomic E-state index is 11.6. The summed E-state index contributed by atoms with van der Waals surface area (Å²) in [6, 6.07) is 0.616. The lowest BCUT2D eigenvalue weighted by Gasteiger charge is -2.22. The van der Waals surface area contributed by atoms with E-state index in [2.05, 4.69) is 10.6 Å². The Balaban J connectivity index is 1.72. The van der Waals surface area contributed by atoms with Gasteiger partial charge in [0.1, 0.15) is 5.60 Å². The van der Waals surface area contributed by atoms with Crippen LogP contribution in [0.1, 0.15) is 40.0 Å². The maximum absolute atomic E-state index is 11.6. The van der Waals surface area contributed by atoms with E-state index in [1.54, 1.807) is 0 Å². The molecule has 0 unspecified atom stereocenters. The molecule has 1 saturated heterocycles. The molecule has 0 spiro atoms. The van der Waals surface area contributed by atoms with E-state index in [-0.39, 0.29) is 6.09 Å². The van der Waals surface area contributed by atoms with Crippen molar-refractivity contribution in [3.63, 3.8) is 0 Å². The molecule has 2 N–H and O–H groups in total. The smallest absolute Gasteiger partial charge is 0.407 e. The number of amides is 1. The van der Waals surface area contributed by atoms with Crippen LogP contribution in [0.3, 0.4) is 0 Å². The molecule has 2 aliphatic rings. The predicted octanol–water partition coefficient (Wildman–Crippen LogP) is 1.90. The van der Waals surface area contributed by atoms with Gasteiger partial charge in [0.2, 0.25) is 0 Å². The van der Waals surface area contributed by atoms with E-state index < -0.39 is 5.60 Å². The van der Waals surface area contributed by atoms with Gasteiger partial charge in [-0.05, 0) is 58.4 Å². The monoisotopic (exact) mass is 240 g/mol. The first-order chi connectivity index (χ1) is 7.96. The fourth-order valence-corrected chi connectivity index (χ4v) is 2.55. The van der Waals surface area contributed by atoms with Gasteiger partial charge >= 0.3 is 6.09 Å². The number of ether oxygens (including phenoxy) is 1. The van der Waals surface area contributed by atoms with Crippen molar-refractivity contribution in [1.29, 1.82) is 0 Å². The van der Waals surface area contributed by atoms with E-state index in [4.69, 9.17) is 4.74 Å². The summed E-state index contributed by atoms with van der Waals surface area (Å²) in [6.45, 7) is 7.48. The third-order valence-corrected chi connectivity index (χ3v) is 3.44. The Kier molecular flexibility index (Phi) is 3.61. The van der Waals surface area contributed by atoms with E-state index >= 15 is 0 Å². The van der Waals surface area contributed by atoms with E-state index in [0.29, 0.717) is 12.0 Å². The average molecular weight is 240 g/mol. The summed E-state index contributed by atoms with van der Waals surface area (Å²) in [5.74, 6) is 1.43. The standard InChI is InChI=1S/C13H24N2O2/c1-13(2,3)17-12(16)15-8-10-6-7-14-11(10)9-4-5-9/h9-11,14H,4-8H2,1-3H3,(H,15,16)/t10-,11-/m1/s1. The molecule has 1 heterocycles. The Morgan fingerprint density at radius 1 is 1.35 bits per heavy atom. The Morgan fingerprint density at radius 3 is 2.65 bits per heavy atom. The Labute approximate surface area is 103 Å². The van der Waals surface area contributed by atoms with Crippen LogP contribution in [0.25, 0.3) is 0 Å². The average Bonchev–Trinajstić information content (AvgIpc) is 2.92. The molecule has 1 aliphatic heterocycles. The van der Waals surface area contributed by atoms with Crippen LogP contribution >= 0.6 is 0 Å². The van der Waals surface area contributed by atoms with Crippen LogP contribution in [0.5, 0.6) is 0 Å². The van der Waals surface area contributed by atoms with E-state index in [9.17, 15) is 4.79 Å². The highest BCUT2D eigenvalue weighted by Gasteiger charge is 2.39. The Bertz CT molecular complexity index is 282. The topological polar surface area (TPSA) is 50.4 Å². The Hall–Kier alpha value is -0.770. The van der Waals surface area contributed by atoms with Gasteiger partial charge in [-0.25, -0.2) is 4.79 Å². The lowest BCUT2D eigenvalue weighted by molar-refractivity contribution is 0.0517. The van der Waals surface area contributed by atoms with Crippen molar-refractivity contribution in [3.8, 4) is 0 Å². The van der Waals surface area contributed by atoms with Gasteiger partial charge in [-0.2, -0.15) is 0 Å². The van der Waals surface area contributed by atoms with Gasteiger partial charge in [-0.1, -0.05) is 0 Å². The van der Waals surface area contributed by atoms with Crippen LogP contribution < -0.4 is 10.6 Å². The number of rotatable bonds is 3. The van der Waals surface area contributed by atoms with Crippen LogP contribution in [-0.4, -0.2) is 30.8 Å². The van der Waals surface area contributed by atoms with Crippen molar-refractivity contribution in [1.82, 2.24) is 10.6 Å². The molecule has 4 heteroatoms. The Morgan fingerprint density at radius 2 is 2.06 bits per heavy atom. The summed E-state index contributed by atoms with van der Waals surface area (Å²) in [5, 5.41) is 6.44. The molecule has 0 aromatic heterocycles. The first-order valence-electron chi connectivity index (χ1n) is 6.66. The first-order valence-corrected chi connectivity index (χ1v) is 6.66. The molecule has 2 rings (SSSR count). The van der Waals surface area contributed by atoms with Gasteiger partial charge in [-0.15, -0.1) is 0 Å². The summed E-state index contributed by atoms with van der Waals surface area (Å²) >= 11 is 0. The van der Waals surface area contributed by atoms with Crippen LogP contribution in [0.2, 0.25) is 0 Å². The van der Waals surface area contributed by atoms with E-state index in [0.717, 1.165) is 25.4 Å². The lowest BCUT2D eigenvalue weighted by atomic mass is 9.97. The molecule has 2 atom stereocenters. The van der Waals surface area contributed by atoms with Gasteiger partial charge in [0.05, 0.1) is 0 Å². The van der Waals surface area contributed by atoms with Crippen molar-refractivity contribution >= 4 is 6.09 Å². The van der Waals surface area contributed by atoms with E-state index in [1.165, 1.54) is 12.8 Å². The molecule has 0 bridgehead atoms. The summed E-state index contributed by atoms with van der Waals surface area (Å²) < 4.78 is 5.24. The minimum absolute atomic E-state index is 0.293. The van der Waals surface area contributed by atoms with Gasteiger partial charge in [0.15, 0.2) is 0 Å². The van der Waals surface area contributed by atoms with Crippen LogP contribution in [-0.2, 0) is 4.74 Å². The van der Waals surface area contributed by atoms with Crippen molar-refractivity contribution in [2.45, 2.75) is 51.7 Å². The van der Waals surface area contributed by atoms with Gasteiger partial charge in [0.25, 0.3) is 0 Å². The summed E-state index contributed by atoms with van der Waals surface area (Å²) in [5.41, 5.74) is -0.409. The van der Waals surface area contributed by atoms with Gasteiger partial charge < -0.3 is 15.4 Å². The predicted molar refractivity (Wildman–Crippen MR) is 66.9 cm³/mol. The van der Waals surface area contributed by atoms with Gasteiger partial charge in [-0.3, -0.25) is 0 Å².